The van der Waals surface area contributed by atoms with Gasteiger partial charge in [0.2, 0.25) is 5.91 Å². The minimum atomic E-state index is -0.476. The van der Waals surface area contributed by atoms with Crippen molar-refractivity contribution in [3.05, 3.63) is 54.0 Å². The van der Waals surface area contributed by atoms with Gasteiger partial charge in [-0.1, -0.05) is 47.3 Å². The van der Waals surface area contributed by atoms with Crippen molar-refractivity contribution in [2.75, 3.05) is 5.32 Å². The first-order valence-electron chi connectivity index (χ1n) is 6.93. The van der Waals surface area contributed by atoms with E-state index in [9.17, 15) is 4.79 Å². The fourth-order valence-corrected chi connectivity index (χ4v) is 2.98. The summed E-state index contributed by atoms with van der Waals surface area (Å²) in [5.41, 5.74) is 0.873. The van der Waals surface area contributed by atoms with E-state index in [1.54, 1.807) is 23.9 Å². The Labute approximate surface area is 137 Å². The highest BCUT2D eigenvalue weighted by molar-refractivity contribution is 8.00. The van der Waals surface area contributed by atoms with Gasteiger partial charge in [0.05, 0.1) is 0 Å². The van der Waals surface area contributed by atoms with E-state index in [4.69, 9.17) is 4.52 Å². The topological polar surface area (TPSA) is 85.8 Å². The second-order valence-electron chi connectivity index (χ2n) is 4.95. The van der Waals surface area contributed by atoms with Crippen LogP contribution >= 0.6 is 11.8 Å². The average Bonchev–Trinajstić information content (AvgIpc) is 3.14. The van der Waals surface area contributed by atoms with E-state index in [0.29, 0.717) is 16.7 Å². The molecule has 23 heavy (non-hydrogen) atoms. The zero-order valence-electron chi connectivity index (χ0n) is 12.6. The van der Waals surface area contributed by atoms with Crippen molar-refractivity contribution >= 4 is 23.5 Å². The van der Waals surface area contributed by atoms with Gasteiger partial charge in [-0.15, -0.1) is 10.2 Å². The number of hydrogen-bond acceptors (Lipinski definition) is 6. The second-order valence-corrected chi connectivity index (χ2v) is 6.02. The van der Waals surface area contributed by atoms with Crippen LogP contribution in [0.2, 0.25) is 0 Å². The van der Waals surface area contributed by atoms with Crippen LogP contribution in [0.5, 0.6) is 0 Å². The van der Waals surface area contributed by atoms with Gasteiger partial charge < -0.3 is 14.4 Å². The van der Waals surface area contributed by atoms with Gasteiger partial charge in [-0.2, -0.15) is 0 Å². The molecule has 2 heterocycles. The summed E-state index contributed by atoms with van der Waals surface area (Å²) in [6, 6.07) is 11.2. The smallest absolute Gasteiger partial charge is 0.243 e. The van der Waals surface area contributed by atoms with Crippen LogP contribution in [0.4, 0.5) is 5.82 Å². The largest absolute Gasteiger partial charge is 0.360 e. The molecule has 0 bridgehead atoms. The number of anilines is 1. The maximum absolute atomic E-state index is 12.7. The summed E-state index contributed by atoms with van der Waals surface area (Å²) < 4.78 is 6.75. The zero-order chi connectivity index (χ0) is 16.2. The monoisotopic (exact) mass is 329 g/mol. The van der Waals surface area contributed by atoms with Crippen LogP contribution in [0.15, 0.2) is 52.4 Å². The molecule has 0 aliphatic carbocycles. The van der Waals surface area contributed by atoms with Gasteiger partial charge in [0.25, 0.3) is 0 Å². The van der Waals surface area contributed by atoms with Crippen LogP contribution < -0.4 is 5.32 Å². The first-order chi connectivity index (χ1) is 11.1. The van der Waals surface area contributed by atoms with Crippen molar-refractivity contribution in [1.82, 2.24) is 19.9 Å². The fourth-order valence-electron chi connectivity index (χ4n) is 2.00. The van der Waals surface area contributed by atoms with Crippen LogP contribution in [0.25, 0.3) is 0 Å². The van der Waals surface area contributed by atoms with Crippen molar-refractivity contribution in [2.45, 2.75) is 17.3 Å². The van der Waals surface area contributed by atoms with Crippen LogP contribution in [0, 0.1) is 6.92 Å². The van der Waals surface area contributed by atoms with Gasteiger partial charge in [0.15, 0.2) is 11.0 Å². The Kier molecular flexibility index (Phi) is 4.42. The Balaban J connectivity index is 1.85. The van der Waals surface area contributed by atoms with E-state index in [0.717, 1.165) is 5.56 Å². The van der Waals surface area contributed by atoms with Gasteiger partial charge in [-0.05, 0) is 12.5 Å². The molecule has 1 atom stereocenters. The molecule has 1 aromatic carbocycles. The molecule has 3 aromatic rings. The number of rotatable bonds is 5. The van der Waals surface area contributed by atoms with E-state index in [-0.39, 0.29) is 5.91 Å². The van der Waals surface area contributed by atoms with E-state index in [1.165, 1.54) is 11.8 Å². The normalized spacial score (nSPS) is 12.1. The molecule has 7 nitrogen and oxygen atoms in total. The summed E-state index contributed by atoms with van der Waals surface area (Å²) in [7, 11) is 1.84. The number of carbonyl (C=O) groups excluding carboxylic acids is 1. The minimum Gasteiger partial charge on any atom is -0.360 e. The van der Waals surface area contributed by atoms with Gasteiger partial charge in [0.1, 0.15) is 17.3 Å². The molecular formula is C15H15N5O2S. The molecule has 1 N–H and O–H groups in total. The second kappa shape index (κ2) is 6.66. The Morgan fingerprint density at radius 3 is 2.74 bits per heavy atom. The summed E-state index contributed by atoms with van der Waals surface area (Å²) in [6.45, 7) is 1.77. The summed E-state index contributed by atoms with van der Waals surface area (Å²) >= 11 is 1.33. The molecule has 0 spiro atoms. The number of thioether (sulfide) groups is 1. The molecule has 118 valence electrons. The van der Waals surface area contributed by atoms with Gasteiger partial charge >= 0.3 is 0 Å². The van der Waals surface area contributed by atoms with Gasteiger partial charge in [-0.3, -0.25) is 4.79 Å². The van der Waals surface area contributed by atoms with Crippen LogP contribution in [0.3, 0.4) is 0 Å². The predicted octanol–water partition coefficient (Wildman–Crippen LogP) is 2.58. The number of carbonyl (C=O) groups is 1. The zero-order valence-corrected chi connectivity index (χ0v) is 13.4. The highest BCUT2D eigenvalue weighted by atomic mass is 32.2. The standard InChI is InChI=1S/C15H15N5O2S/c1-10-8-12(19-22-10)17-14(21)13(11-6-4-3-5-7-11)23-15-18-16-9-20(15)2/h3-9,13H,1-2H3,(H,17,19,21)/t13-/m1/s1. The lowest BCUT2D eigenvalue weighted by Crippen LogP contribution is -2.19. The van der Waals surface area contributed by atoms with Crippen molar-refractivity contribution in [2.24, 2.45) is 7.05 Å². The van der Waals surface area contributed by atoms with Crippen molar-refractivity contribution in [3.63, 3.8) is 0 Å². The van der Waals surface area contributed by atoms with Gasteiger partial charge in [-0.25, -0.2) is 0 Å². The minimum absolute atomic E-state index is 0.197. The maximum Gasteiger partial charge on any atom is 0.243 e. The first-order valence-corrected chi connectivity index (χ1v) is 7.81. The number of benzene rings is 1. The van der Waals surface area contributed by atoms with Crippen molar-refractivity contribution in [3.8, 4) is 0 Å². The number of amides is 1. The van der Waals surface area contributed by atoms with E-state index in [2.05, 4.69) is 20.7 Å². The Morgan fingerprint density at radius 1 is 1.35 bits per heavy atom. The molecule has 0 unspecified atom stereocenters. The van der Waals surface area contributed by atoms with Crippen LogP contribution in [-0.2, 0) is 11.8 Å². The van der Waals surface area contributed by atoms with E-state index in [1.807, 2.05) is 37.4 Å². The lowest BCUT2D eigenvalue weighted by Gasteiger charge is -2.15. The van der Waals surface area contributed by atoms with Crippen LogP contribution in [-0.4, -0.2) is 25.8 Å². The highest BCUT2D eigenvalue weighted by Crippen LogP contribution is 2.34. The van der Waals surface area contributed by atoms with Crippen LogP contribution in [0.1, 0.15) is 16.6 Å². The maximum atomic E-state index is 12.7. The molecule has 0 saturated heterocycles. The van der Waals surface area contributed by atoms with E-state index < -0.39 is 5.25 Å². The summed E-state index contributed by atoms with van der Waals surface area (Å²) in [5.74, 6) is 0.835. The molecule has 0 saturated carbocycles. The number of nitrogens with zero attached hydrogens (tertiary/aromatic N) is 4. The molecule has 0 aliphatic rings. The molecule has 0 radical (unpaired) electrons. The highest BCUT2D eigenvalue weighted by Gasteiger charge is 2.24. The number of nitrogens with one attached hydrogen (secondary N) is 1. The molecule has 0 aliphatic heterocycles. The third kappa shape index (κ3) is 3.59. The van der Waals surface area contributed by atoms with Gasteiger partial charge in [0, 0.05) is 13.1 Å². The number of aryl methyl sites for hydroxylation is 2. The Hall–Kier alpha value is -2.61. The van der Waals surface area contributed by atoms with E-state index >= 15 is 0 Å². The lowest BCUT2D eigenvalue weighted by molar-refractivity contribution is -0.115. The molecule has 1 amide bonds. The number of hydrogen-bond donors (Lipinski definition) is 1. The lowest BCUT2D eigenvalue weighted by atomic mass is 10.1. The molecular weight excluding hydrogens is 314 g/mol. The first kappa shape index (κ1) is 15.3. The predicted molar refractivity (Wildman–Crippen MR) is 85.9 cm³/mol. The molecule has 0 fully saturated rings. The fraction of sp³-hybridized carbons (Fsp3) is 0.200. The SMILES string of the molecule is Cc1cc(NC(=O)[C@H](Sc2nncn2C)c2ccccc2)no1. The average molecular weight is 329 g/mol. The number of aromatic nitrogens is 4. The molecule has 3 rings (SSSR count). The molecule has 2 aromatic heterocycles. The Morgan fingerprint density at radius 2 is 2.13 bits per heavy atom. The summed E-state index contributed by atoms with van der Waals surface area (Å²) in [5, 5.41) is 14.6. The third-order valence-electron chi connectivity index (χ3n) is 3.11. The summed E-state index contributed by atoms with van der Waals surface area (Å²) in [6.07, 6.45) is 1.60. The van der Waals surface area contributed by atoms with Crippen molar-refractivity contribution in [1.29, 1.82) is 0 Å². The summed E-state index contributed by atoms with van der Waals surface area (Å²) in [4.78, 5) is 12.7. The quantitative estimate of drug-likeness (QED) is 0.724. The Bertz CT molecular complexity index is 799. The molecule has 8 heteroatoms. The van der Waals surface area contributed by atoms with Crippen molar-refractivity contribution < 1.29 is 9.32 Å². The third-order valence-corrected chi connectivity index (χ3v) is 4.42.